The van der Waals surface area contributed by atoms with Crippen LogP contribution in [0, 0.1) is 5.92 Å². The van der Waals surface area contributed by atoms with E-state index in [1.54, 1.807) is 18.9 Å². The average molecular weight is 579 g/mol. The molecule has 8 nitrogen and oxygen atoms in total. The fourth-order valence-electron chi connectivity index (χ4n) is 5.66. The summed E-state index contributed by atoms with van der Waals surface area (Å²) in [4.78, 5) is 28.8. The molecule has 0 aliphatic carbocycles. The van der Waals surface area contributed by atoms with E-state index in [9.17, 15) is 14.7 Å². The van der Waals surface area contributed by atoms with Crippen LogP contribution in [0.4, 0.5) is 5.69 Å². The Labute approximate surface area is 245 Å². The van der Waals surface area contributed by atoms with Gasteiger partial charge in [-0.1, -0.05) is 35.9 Å². The number of carbonyl (C=O) groups excluding carboxylic acids is 2. The second-order valence-corrected chi connectivity index (χ2v) is 11.5. The van der Waals surface area contributed by atoms with Crippen molar-refractivity contribution < 1.29 is 29.3 Å². The van der Waals surface area contributed by atoms with E-state index in [4.69, 9.17) is 26.2 Å². The lowest BCUT2D eigenvalue weighted by Gasteiger charge is -2.46. The van der Waals surface area contributed by atoms with Crippen molar-refractivity contribution >= 4 is 29.1 Å². The number of amides is 2. The number of hydrogen-bond acceptors (Lipinski definition) is 6. The molecule has 3 aromatic rings. The maximum absolute atomic E-state index is 13.8. The Morgan fingerprint density at radius 3 is 2.32 bits per heavy atom. The van der Waals surface area contributed by atoms with Gasteiger partial charge in [0.2, 0.25) is 11.8 Å². The first kappa shape index (κ1) is 28.9. The third-order valence-electron chi connectivity index (χ3n) is 8.03. The predicted octanol–water partition coefficient (Wildman–Crippen LogP) is 4.47. The predicted molar refractivity (Wildman–Crippen MR) is 156 cm³/mol. The molecule has 0 aromatic heterocycles. The number of methoxy groups -OCH3 is 1. The molecule has 1 fully saturated rings. The Morgan fingerprint density at radius 2 is 1.73 bits per heavy atom. The van der Waals surface area contributed by atoms with Crippen LogP contribution in [-0.2, 0) is 21.6 Å². The number of ether oxygens (including phenoxy) is 2. The summed E-state index contributed by atoms with van der Waals surface area (Å²) >= 11 is 6.22. The van der Waals surface area contributed by atoms with Crippen LogP contribution < -0.4 is 14.4 Å². The minimum absolute atomic E-state index is 0.0675. The van der Waals surface area contributed by atoms with E-state index in [0.717, 1.165) is 16.7 Å². The van der Waals surface area contributed by atoms with Crippen LogP contribution in [0.2, 0.25) is 5.02 Å². The lowest BCUT2D eigenvalue weighted by molar-refractivity contribution is -0.149. The van der Waals surface area contributed by atoms with Crippen LogP contribution in [0.5, 0.6) is 11.5 Å². The first-order chi connectivity index (χ1) is 19.5. The third kappa shape index (κ3) is 5.52. The monoisotopic (exact) mass is 578 g/mol. The van der Waals surface area contributed by atoms with E-state index >= 15 is 0 Å². The largest absolute Gasteiger partial charge is 0.493 e. The van der Waals surface area contributed by atoms with Crippen molar-refractivity contribution in [2.24, 2.45) is 5.92 Å². The standard InChI is InChI=1S/C32H35ClN2O6/c1-19(2)41-28-15-26-21(13-27(28)40-4)14-29(37)35(31(26)20-5-9-24(33)10-6-20)25-11-7-22(8-12-25)32(3,39)23-16-34(17-23)30(38)18-36/h5-13,15,19,23,31,36,39H,14,16-18H2,1-4H3/t31?,32-/m1/s1. The van der Waals surface area contributed by atoms with Gasteiger partial charge in [0.15, 0.2) is 11.5 Å². The maximum atomic E-state index is 13.8. The summed E-state index contributed by atoms with van der Waals surface area (Å²) in [5.41, 5.74) is 2.88. The van der Waals surface area contributed by atoms with Gasteiger partial charge in [-0.05, 0) is 79.4 Å². The Balaban J connectivity index is 1.52. The molecule has 2 N–H and O–H groups in total. The van der Waals surface area contributed by atoms with Gasteiger partial charge in [0.25, 0.3) is 0 Å². The van der Waals surface area contributed by atoms with Gasteiger partial charge < -0.3 is 29.5 Å². The molecule has 2 aliphatic rings. The van der Waals surface area contributed by atoms with E-state index in [2.05, 4.69) is 0 Å². The molecule has 1 saturated heterocycles. The molecule has 216 valence electrons. The van der Waals surface area contributed by atoms with E-state index < -0.39 is 18.2 Å². The first-order valence-electron chi connectivity index (χ1n) is 13.7. The number of aliphatic hydroxyl groups is 2. The van der Waals surface area contributed by atoms with Crippen LogP contribution in [0.1, 0.15) is 49.1 Å². The summed E-state index contributed by atoms with van der Waals surface area (Å²) in [6, 6.07) is 18.2. The number of anilines is 1. The van der Waals surface area contributed by atoms with Gasteiger partial charge >= 0.3 is 0 Å². The van der Waals surface area contributed by atoms with Crippen molar-refractivity contribution in [3.05, 3.63) is 87.9 Å². The van der Waals surface area contributed by atoms with Crippen molar-refractivity contribution in [1.29, 1.82) is 0 Å². The quantitative estimate of drug-likeness (QED) is 0.409. The number of fused-ring (bicyclic) bond motifs is 1. The number of rotatable bonds is 8. The zero-order chi connectivity index (χ0) is 29.5. The zero-order valence-electron chi connectivity index (χ0n) is 23.6. The molecule has 0 saturated carbocycles. The number of aliphatic hydroxyl groups excluding tert-OH is 1. The van der Waals surface area contributed by atoms with Gasteiger partial charge in [-0.2, -0.15) is 0 Å². The second kappa shape index (κ2) is 11.4. The van der Waals surface area contributed by atoms with Crippen molar-refractivity contribution in [3.8, 4) is 11.5 Å². The Kier molecular flexibility index (Phi) is 8.01. The highest BCUT2D eigenvalue weighted by Crippen LogP contribution is 2.44. The summed E-state index contributed by atoms with van der Waals surface area (Å²) in [6.45, 7) is 5.84. The van der Waals surface area contributed by atoms with Gasteiger partial charge in [-0.3, -0.25) is 9.59 Å². The highest BCUT2D eigenvalue weighted by atomic mass is 35.5. The van der Waals surface area contributed by atoms with E-state index in [-0.39, 0.29) is 30.3 Å². The lowest BCUT2D eigenvalue weighted by Crippen LogP contribution is -2.58. The highest BCUT2D eigenvalue weighted by Gasteiger charge is 2.43. The van der Waals surface area contributed by atoms with E-state index in [0.29, 0.717) is 40.9 Å². The first-order valence-corrected chi connectivity index (χ1v) is 14.1. The molecule has 2 amide bonds. The molecule has 0 radical (unpaired) electrons. The summed E-state index contributed by atoms with van der Waals surface area (Å²) in [7, 11) is 1.59. The summed E-state index contributed by atoms with van der Waals surface area (Å²) in [6.07, 6.45) is 0.121. The van der Waals surface area contributed by atoms with Crippen molar-refractivity contribution in [2.45, 2.75) is 44.9 Å². The Bertz CT molecular complexity index is 1430. The SMILES string of the molecule is COc1cc2c(cc1OC(C)C)C(c1ccc(Cl)cc1)N(c1ccc([C@@](C)(O)C3CN(C(=O)CO)C3)cc1)C(=O)C2. The molecular formula is C32H35ClN2O6. The van der Waals surface area contributed by atoms with Gasteiger partial charge in [0.05, 0.1) is 31.3 Å². The molecule has 2 heterocycles. The number of hydrogen-bond donors (Lipinski definition) is 2. The molecule has 5 rings (SSSR count). The van der Waals surface area contributed by atoms with Crippen molar-refractivity contribution in [3.63, 3.8) is 0 Å². The van der Waals surface area contributed by atoms with E-state index in [1.807, 2.05) is 74.5 Å². The normalized spacial score (nSPS) is 18.5. The number of likely N-dealkylation sites (tertiary alicyclic amines) is 1. The van der Waals surface area contributed by atoms with E-state index in [1.165, 1.54) is 4.90 Å². The minimum Gasteiger partial charge on any atom is -0.493 e. The molecule has 0 spiro atoms. The molecule has 2 aliphatic heterocycles. The fourth-order valence-corrected chi connectivity index (χ4v) is 5.79. The van der Waals surface area contributed by atoms with Gasteiger partial charge in [0, 0.05) is 29.7 Å². The number of halogens is 1. The maximum Gasteiger partial charge on any atom is 0.248 e. The molecule has 41 heavy (non-hydrogen) atoms. The second-order valence-electron chi connectivity index (χ2n) is 11.1. The van der Waals surface area contributed by atoms with Crippen LogP contribution in [0.3, 0.4) is 0 Å². The summed E-state index contributed by atoms with van der Waals surface area (Å²) < 4.78 is 11.7. The molecule has 1 unspecified atom stereocenters. The van der Waals surface area contributed by atoms with Crippen LogP contribution >= 0.6 is 11.6 Å². The average Bonchev–Trinajstić information content (AvgIpc) is 2.91. The molecule has 0 bridgehead atoms. The van der Waals surface area contributed by atoms with Crippen molar-refractivity contribution in [1.82, 2.24) is 4.90 Å². The Hall–Kier alpha value is -3.59. The minimum atomic E-state index is -1.18. The third-order valence-corrected chi connectivity index (χ3v) is 8.28. The lowest BCUT2D eigenvalue weighted by atomic mass is 9.78. The topological polar surface area (TPSA) is 99.5 Å². The smallest absolute Gasteiger partial charge is 0.248 e. The van der Waals surface area contributed by atoms with Crippen LogP contribution in [-0.4, -0.2) is 59.8 Å². The highest BCUT2D eigenvalue weighted by molar-refractivity contribution is 6.30. The Morgan fingerprint density at radius 1 is 1.07 bits per heavy atom. The number of nitrogens with zero attached hydrogens (tertiary/aromatic N) is 2. The van der Waals surface area contributed by atoms with Gasteiger partial charge in [-0.15, -0.1) is 0 Å². The van der Waals surface area contributed by atoms with Crippen molar-refractivity contribution in [2.75, 3.05) is 31.7 Å². The number of benzene rings is 3. The van der Waals surface area contributed by atoms with Crippen LogP contribution in [0.25, 0.3) is 0 Å². The summed E-state index contributed by atoms with van der Waals surface area (Å²) in [5.74, 6) is 0.604. The van der Waals surface area contributed by atoms with Crippen LogP contribution in [0.15, 0.2) is 60.7 Å². The molecular weight excluding hydrogens is 544 g/mol. The van der Waals surface area contributed by atoms with Gasteiger partial charge in [0.1, 0.15) is 6.61 Å². The molecule has 9 heteroatoms. The molecule has 3 aromatic carbocycles. The fraction of sp³-hybridized carbons (Fsp3) is 0.375. The zero-order valence-corrected chi connectivity index (χ0v) is 24.4. The van der Waals surface area contributed by atoms with Gasteiger partial charge in [-0.25, -0.2) is 0 Å². The molecule has 2 atom stereocenters. The summed E-state index contributed by atoms with van der Waals surface area (Å²) in [5, 5.41) is 21.1. The number of carbonyl (C=O) groups is 2.